The average Bonchev–Trinajstić information content (AvgIpc) is 2.48. The standard InChI is InChI=1S/C10H15N3S/c1-6(12)8-7(2)14-9(13-8)10(3,4)5-11/h6H,12H2,1-4H3. The van der Waals surface area contributed by atoms with E-state index in [2.05, 4.69) is 11.1 Å². The third kappa shape index (κ3) is 1.94. The van der Waals surface area contributed by atoms with Crippen LogP contribution >= 0.6 is 11.3 Å². The summed E-state index contributed by atoms with van der Waals surface area (Å²) in [5.41, 5.74) is 6.17. The number of thiazole rings is 1. The van der Waals surface area contributed by atoms with Crippen molar-refractivity contribution in [1.29, 1.82) is 5.26 Å². The molecule has 0 spiro atoms. The van der Waals surface area contributed by atoms with Crippen LogP contribution in [-0.2, 0) is 5.41 Å². The molecule has 0 aliphatic heterocycles. The van der Waals surface area contributed by atoms with Crippen molar-refractivity contribution in [2.45, 2.75) is 39.2 Å². The number of hydrogen-bond acceptors (Lipinski definition) is 4. The van der Waals surface area contributed by atoms with Crippen LogP contribution in [0.1, 0.15) is 42.4 Å². The molecule has 14 heavy (non-hydrogen) atoms. The number of hydrogen-bond donors (Lipinski definition) is 1. The number of rotatable bonds is 2. The Labute approximate surface area is 88.6 Å². The Kier molecular flexibility index (Phi) is 2.93. The fourth-order valence-electron chi connectivity index (χ4n) is 1.15. The fourth-order valence-corrected chi connectivity index (χ4v) is 2.22. The zero-order valence-electron chi connectivity index (χ0n) is 8.96. The maximum absolute atomic E-state index is 8.97. The van der Waals surface area contributed by atoms with Gasteiger partial charge in [-0.25, -0.2) is 4.98 Å². The van der Waals surface area contributed by atoms with Crippen LogP contribution in [0.2, 0.25) is 0 Å². The molecule has 1 heterocycles. The van der Waals surface area contributed by atoms with Gasteiger partial charge >= 0.3 is 0 Å². The molecule has 1 atom stereocenters. The second-order valence-electron chi connectivity index (χ2n) is 3.99. The van der Waals surface area contributed by atoms with E-state index in [4.69, 9.17) is 11.0 Å². The van der Waals surface area contributed by atoms with Gasteiger partial charge in [0.05, 0.1) is 11.8 Å². The fraction of sp³-hybridized carbons (Fsp3) is 0.600. The van der Waals surface area contributed by atoms with Gasteiger partial charge in [-0.15, -0.1) is 11.3 Å². The largest absolute Gasteiger partial charge is 0.323 e. The van der Waals surface area contributed by atoms with E-state index >= 15 is 0 Å². The topological polar surface area (TPSA) is 62.7 Å². The van der Waals surface area contributed by atoms with Crippen LogP contribution in [0.3, 0.4) is 0 Å². The van der Waals surface area contributed by atoms with E-state index < -0.39 is 5.41 Å². The predicted molar refractivity (Wildman–Crippen MR) is 58.1 cm³/mol. The molecule has 0 aliphatic carbocycles. The van der Waals surface area contributed by atoms with Crippen molar-refractivity contribution in [2.24, 2.45) is 5.73 Å². The summed E-state index contributed by atoms with van der Waals surface area (Å²) < 4.78 is 0. The van der Waals surface area contributed by atoms with Crippen molar-refractivity contribution in [2.75, 3.05) is 0 Å². The van der Waals surface area contributed by atoms with Crippen LogP contribution in [0.25, 0.3) is 0 Å². The Bertz CT molecular complexity index is 371. The van der Waals surface area contributed by atoms with E-state index in [-0.39, 0.29) is 6.04 Å². The molecule has 0 aliphatic rings. The monoisotopic (exact) mass is 209 g/mol. The third-order valence-corrected chi connectivity index (χ3v) is 3.39. The highest BCUT2D eigenvalue weighted by Crippen LogP contribution is 2.30. The molecule has 0 saturated heterocycles. The molecule has 3 nitrogen and oxygen atoms in total. The van der Waals surface area contributed by atoms with Crippen LogP contribution in [0.4, 0.5) is 0 Å². The van der Waals surface area contributed by atoms with Gasteiger partial charge in [0, 0.05) is 10.9 Å². The van der Waals surface area contributed by atoms with E-state index in [0.717, 1.165) is 15.6 Å². The van der Waals surface area contributed by atoms with E-state index in [1.807, 2.05) is 27.7 Å². The van der Waals surface area contributed by atoms with Crippen molar-refractivity contribution in [1.82, 2.24) is 4.98 Å². The first kappa shape index (κ1) is 11.2. The molecule has 4 heteroatoms. The Morgan fingerprint density at radius 3 is 2.50 bits per heavy atom. The molecule has 0 aromatic carbocycles. The molecule has 1 unspecified atom stereocenters. The van der Waals surface area contributed by atoms with Crippen molar-refractivity contribution >= 4 is 11.3 Å². The molecule has 76 valence electrons. The second kappa shape index (κ2) is 3.68. The number of nitriles is 1. The van der Waals surface area contributed by atoms with Crippen molar-refractivity contribution in [3.63, 3.8) is 0 Å². The lowest BCUT2D eigenvalue weighted by Crippen LogP contribution is -2.14. The lowest BCUT2D eigenvalue weighted by molar-refractivity contribution is 0.667. The highest BCUT2D eigenvalue weighted by atomic mass is 32.1. The van der Waals surface area contributed by atoms with Gasteiger partial charge in [-0.05, 0) is 27.7 Å². The van der Waals surface area contributed by atoms with Gasteiger partial charge in [-0.2, -0.15) is 5.26 Å². The summed E-state index contributed by atoms with van der Waals surface area (Å²) in [5.74, 6) is 0. The predicted octanol–water partition coefficient (Wildman–Crippen LogP) is 2.27. The number of aromatic nitrogens is 1. The lowest BCUT2D eigenvalue weighted by Gasteiger charge is -2.10. The van der Waals surface area contributed by atoms with Gasteiger partial charge in [0.2, 0.25) is 0 Å². The quantitative estimate of drug-likeness (QED) is 0.812. The highest BCUT2D eigenvalue weighted by Gasteiger charge is 2.25. The highest BCUT2D eigenvalue weighted by molar-refractivity contribution is 7.11. The van der Waals surface area contributed by atoms with Crippen LogP contribution in [-0.4, -0.2) is 4.98 Å². The summed E-state index contributed by atoms with van der Waals surface area (Å²) in [5, 5.41) is 9.82. The molecule has 0 bridgehead atoms. The first-order valence-corrected chi connectivity index (χ1v) is 5.34. The normalized spacial score (nSPS) is 13.7. The minimum absolute atomic E-state index is 0.0607. The number of aryl methyl sites for hydroxylation is 1. The second-order valence-corrected chi connectivity index (χ2v) is 5.19. The van der Waals surface area contributed by atoms with Crippen LogP contribution in [0.5, 0.6) is 0 Å². The summed E-state index contributed by atoms with van der Waals surface area (Å²) in [7, 11) is 0. The summed E-state index contributed by atoms with van der Waals surface area (Å²) in [6.07, 6.45) is 0. The minimum atomic E-state index is -0.511. The van der Waals surface area contributed by atoms with Gasteiger partial charge in [0.25, 0.3) is 0 Å². The molecule has 0 radical (unpaired) electrons. The van der Waals surface area contributed by atoms with E-state index in [0.29, 0.717) is 0 Å². The SMILES string of the molecule is Cc1sc(C(C)(C)C#N)nc1C(C)N. The molecule has 1 aromatic rings. The van der Waals surface area contributed by atoms with Gasteiger partial charge in [-0.3, -0.25) is 0 Å². The smallest absolute Gasteiger partial charge is 0.113 e. The third-order valence-electron chi connectivity index (χ3n) is 2.08. The Morgan fingerprint density at radius 2 is 2.14 bits per heavy atom. The summed E-state index contributed by atoms with van der Waals surface area (Å²) in [6, 6.07) is 2.18. The molecule has 0 amide bonds. The molecular formula is C10H15N3S. The first-order chi connectivity index (χ1) is 6.38. The maximum Gasteiger partial charge on any atom is 0.113 e. The van der Waals surface area contributed by atoms with Crippen LogP contribution < -0.4 is 5.73 Å². The molecule has 1 aromatic heterocycles. The van der Waals surface area contributed by atoms with Crippen LogP contribution in [0.15, 0.2) is 0 Å². The van der Waals surface area contributed by atoms with Gasteiger partial charge in [-0.1, -0.05) is 0 Å². The lowest BCUT2D eigenvalue weighted by atomic mass is 9.97. The molecule has 0 fully saturated rings. The van der Waals surface area contributed by atoms with E-state index in [1.54, 1.807) is 11.3 Å². The zero-order valence-corrected chi connectivity index (χ0v) is 9.77. The number of nitrogens with two attached hydrogens (primary N) is 1. The molecule has 0 saturated carbocycles. The minimum Gasteiger partial charge on any atom is -0.323 e. The zero-order chi connectivity index (χ0) is 10.9. The summed E-state index contributed by atoms with van der Waals surface area (Å²) in [6.45, 7) is 7.64. The van der Waals surface area contributed by atoms with E-state index in [9.17, 15) is 0 Å². The van der Waals surface area contributed by atoms with Crippen molar-refractivity contribution < 1.29 is 0 Å². The molecule has 1 rings (SSSR count). The van der Waals surface area contributed by atoms with E-state index in [1.165, 1.54) is 0 Å². The Balaban J connectivity index is 3.16. The van der Waals surface area contributed by atoms with Gasteiger partial charge in [0.15, 0.2) is 0 Å². The molecular weight excluding hydrogens is 194 g/mol. The number of nitrogens with zero attached hydrogens (tertiary/aromatic N) is 2. The maximum atomic E-state index is 8.97. The Morgan fingerprint density at radius 1 is 1.57 bits per heavy atom. The molecule has 2 N–H and O–H groups in total. The van der Waals surface area contributed by atoms with Gasteiger partial charge < -0.3 is 5.73 Å². The Hall–Kier alpha value is -0.920. The summed E-state index contributed by atoms with van der Waals surface area (Å²) in [4.78, 5) is 5.53. The van der Waals surface area contributed by atoms with Crippen LogP contribution in [0, 0.1) is 18.3 Å². The van der Waals surface area contributed by atoms with Crippen molar-refractivity contribution in [3.8, 4) is 6.07 Å². The van der Waals surface area contributed by atoms with Crippen molar-refractivity contribution in [3.05, 3.63) is 15.6 Å². The first-order valence-electron chi connectivity index (χ1n) is 4.53. The average molecular weight is 209 g/mol. The van der Waals surface area contributed by atoms with Gasteiger partial charge in [0.1, 0.15) is 10.4 Å². The summed E-state index contributed by atoms with van der Waals surface area (Å²) >= 11 is 1.56.